The minimum atomic E-state index is -4.49. The molecule has 0 unspecified atom stereocenters. The number of halogens is 3. The highest BCUT2D eigenvalue weighted by Crippen LogP contribution is 2.34. The Balaban J connectivity index is 1.91. The SMILES string of the molecule is O=C(CNCc1cccs1)Nc1ccccc1C(F)(F)F. The Bertz CT molecular complexity index is 597. The molecule has 21 heavy (non-hydrogen) atoms. The van der Waals surface area contributed by atoms with Crippen molar-refractivity contribution in [1.82, 2.24) is 5.32 Å². The van der Waals surface area contributed by atoms with Gasteiger partial charge in [-0.15, -0.1) is 11.3 Å². The van der Waals surface area contributed by atoms with E-state index in [4.69, 9.17) is 0 Å². The van der Waals surface area contributed by atoms with Crippen LogP contribution < -0.4 is 10.6 Å². The minimum absolute atomic E-state index is 0.0515. The number of alkyl halides is 3. The first-order valence-electron chi connectivity index (χ1n) is 6.16. The third kappa shape index (κ3) is 4.57. The van der Waals surface area contributed by atoms with Crippen molar-refractivity contribution in [3.63, 3.8) is 0 Å². The minimum Gasteiger partial charge on any atom is -0.324 e. The van der Waals surface area contributed by atoms with Crippen LogP contribution in [0.2, 0.25) is 0 Å². The highest BCUT2D eigenvalue weighted by molar-refractivity contribution is 7.09. The summed E-state index contributed by atoms with van der Waals surface area (Å²) in [5.74, 6) is -0.511. The number of thiophene rings is 1. The van der Waals surface area contributed by atoms with E-state index in [9.17, 15) is 18.0 Å². The molecule has 0 fully saturated rings. The zero-order valence-corrected chi connectivity index (χ0v) is 11.7. The maximum atomic E-state index is 12.8. The molecule has 0 aliphatic rings. The van der Waals surface area contributed by atoms with Crippen molar-refractivity contribution >= 4 is 22.9 Å². The van der Waals surface area contributed by atoms with Crippen LogP contribution >= 0.6 is 11.3 Å². The Kier molecular flexibility index (Phi) is 4.98. The summed E-state index contributed by atoms with van der Waals surface area (Å²) in [5.41, 5.74) is -1.08. The first kappa shape index (κ1) is 15.5. The van der Waals surface area contributed by atoms with Crippen molar-refractivity contribution in [3.05, 3.63) is 52.2 Å². The maximum Gasteiger partial charge on any atom is 0.418 e. The molecule has 0 saturated carbocycles. The molecule has 112 valence electrons. The average Bonchev–Trinajstić information content (AvgIpc) is 2.91. The quantitative estimate of drug-likeness (QED) is 0.887. The molecule has 0 saturated heterocycles. The second kappa shape index (κ2) is 6.73. The lowest BCUT2D eigenvalue weighted by Gasteiger charge is -2.13. The van der Waals surface area contributed by atoms with E-state index >= 15 is 0 Å². The van der Waals surface area contributed by atoms with Crippen molar-refractivity contribution in [2.45, 2.75) is 12.7 Å². The number of carbonyl (C=O) groups is 1. The van der Waals surface area contributed by atoms with Gasteiger partial charge < -0.3 is 10.6 Å². The Morgan fingerprint density at radius 2 is 1.90 bits per heavy atom. The van der Waals surface area contributed by atoms with Crippen LogP contribution in [0.3, 0.4) is 0 Å². The summed E-state index contributed by atoms with van der Waals surface area (Å²) in [7, 11) is 0. The van der Waals surface area contributed by atoms with Gasteiger partial charge in [-0.25, -0.2) is 0 Å². The zero-order chi connectivity index (χ0) is 15.3. The van der Waals surface area contributed by atoms with E-state index in [0.29, 0.717) is 6.54 Å². The summed E-state index contributed by atoms with van der Waals surface area (Å²) in [6.45, 7) is 0.454. The van der Waals surface area contributed by atoms with E-state index in [-0.39, 0.29) is 12.2 Å². The molecule has 0 atom stereocenters. The molecule has 2 N–H and O–H groups in total. The van der Waals surface area contributed by atoms with Gasteiger partial charge in [-0.3, -0.25) is 4.79 Å². The van der Waals surface area contributed by atoms with Crippen LogP contribution in [0, 0.1) is 0 Å². The number of hydrogen-bond acceptors (Lipinski definition) is 3. The third-order valence-corrected chi connectivity index (χ3v) is 3.55. The first-order chi connectivity index (χ1) is 9.97. The highest BCUT2D eigenvalue weighted by atomic mass is 32.1. The second-order valence-corrected chi connectivity index (χ2v) is 5.31. The van der Waals surface area contributed by atoms with E-state index in [1.807, 2.05) is 17.5 Å². The van der Waals surface area contributed by atoms with E-state index in [1.165, 1.54) is 18.2 Å². The molecule has 0 aliphatic heterocycles. The molecule has 0 bridgehead atoms. The van der Waals surface area contributed by atoms with Gasteiger partial charge in [0.2, 0.25) is 5.91 Å². The van der Waals surface area contributed by atoms with Crippen molar-refractivity contribution < 1.29 is 18.0 Å². The normalized spacial score (nSPS) is 11.4. The van der Waals surface area contributed by atoms with Gasteiger partial charge in [-0.05, 0) is 23.6 Å². The lowest BCUT2D eigenvalue weighted by molar-refractivity contribution is -0.137. The van der Waals surface area contributed by atoms with Gasteiger partial charge in [-0.1, -0.05) is 18.2 Å². The number of amides is 1. The Morgan fingerprint density at radius 1 is 1.14 bits per heavy atom. The fourth-order valence-electron chi connectivity index (χ4n) is 1.75. The van der Waals surface area contributed by atoms with E-state index in [1.54, 1.807) is 11.3 Å². The predicted octanol–water partition coefficient (Wildman–Crippen LogP) is 3.50. The number of carbonyl (C=O) groups excluding carboxylic acids is 1. The van der Waals surface area contributed by atoms with Crippen molar-refractivity contribution in [2.24, 2.45) is 0 Å². The number of benzene rings is 1. The van der Waals surface area contributed by atoms with Crippen LogP contribution in [0.1, 0.15) is 10.4 Å². The monoisotopic (exact) mass is 314 g/mol. The maximum absolute atomic E-state index is 12.8. The van der Waals surface area contributed by atoms with Crippen molar-refractivity contribution in [3.8, 4) is 0 Å². The molecule has 0 radical (unpaired) electrons. The molecule has 1 aromatic carbocycles. The number of anilines is 1. The first-order valence-corrected chi connectivity index (χ1v) is 7.04. The molecule has 3 nitrogen and oxygen atoms in total. The molecule has 1 amide bonds. The van der Waals surface area contributed by atoms with Crippen LogP contribution in [-0.4, -0.2) is 12.5 Å². The molecule has 0 aliphatic carbocycles. The molecule has 0 spiro atoms. The van der Waals surface area contributed by atoms with Gasteiger partial charge in [-0.2, -0.15) is 13.2 Å². The van der Waals surface area contributed by atoms with Crippen LogP contribution in [0.15, 0.2) is 41.8 Å². The highest BCUT2D eigenvalue weighted by Gasteiger charge is 2.33. The third-order valence-electron chi connectivity index (χ3n) is 2.67. The van der Waals surface area contributed by atoms with Gasteiger partial charge in [0.05, 0.1) is 17.8 Å². The summed E-state index contributed by atoms with van der Waals surface area (Å²) in [6.07, 6.45) is -4.49. The number of para-hydroxylation sites is 1. The molecule has 2 rings (SSSR count). The molecular formula is C14H13F3N2OS. The molecule has 2 aromatic rings. The Morgan fingerprint density at radius 3 is 2.57 bits per heavy atom. The smallest absolute Gasteiger partial charge is 0.324 e. The summed E-state index contributed by atoms with van der Waals surface area (Å²) in [5, 5.41) is 7.08. The lowest BCUT2D eigenvalue weighted by Crippen LogP contribution is -2.28. The van der Waals surface area contributed by atoms with E-state index < -0.39 is 17.6 Å². The van der Waals surface area contributed by atoms with Crippen LogP contribution in [-0.2, 0) is 17.5 Å². The Hall–Kier alpha value is -1.86. The van der Waals surface area contributed by atoms with Crippen molar-refractivity contribution in [1.29, 1.82) is 0 Å². The number of nitrogens with one attached hydrogen (secondary N) is 2. The molecular weight excluding hydrogens is 301 g/mol. The van der Waals surface area contributed by atoms with E-state index in [0.717, 1.165) is 10.9 Å². The molecule has 1 aromatic heterocycles. The standard InChI is InChI=1S/C14H13F3N2OS/c15-14(16,17)11-5-1-2-6-12(11)19-13(20)9-18-8-10-4-3-7-21-10/h1-7,18H,8-9H2,(H,19,20). The topological polar surface area (TPSA) is 41.1 Å². The number of hydrogen-bond donors (Lipinski definition) is 2. The van der Waals surface area contributed by atoms with Gasteiger partial charge in [0.25, 0.3) is 0 Å². The molecule has 7 heteroatoms. The van der Waals surface area contributed by atoms with Gasteiger partial charge in [0, 0.05) is 11.4 Å². The van der Waals surface area contributed by atoms with Gasteiger partial charge >= 0.3 is 6.18 Å². The fourth-order valence-corrected chi connectivity index (χ4v) is 2.42. The summed E-state index contributed by atoms with van der Waals surface area (Å²) < 4.78 is 38.3. The van der Waals surface area contributed by atoms with Gasteiger partial charge in [0.15, 0.2) is 0 Å². The number of rotatable bonds is 5. The average molecular weight is 314 g/mol. The largest absolute Gasteiger partial charge is 0.418 e. The van der Waals surface area contributed by atoms with Crippen LogP contribution in [0.5, 0.6) is 0 Å². The summed E-state index contributed by atoms with van der Waals surface area (Å²) in [4.78, 5) is 12.7. The Labute approximate surface area is 123 Å². The summed E-state index contributed by atoms with van der Waals surface area (Å²) in [6, 6.07) is 8.71. The fraction of sp³-hybridized carbons (Fsp3) is 0.214. The van der Waals surface area contributed by atoms with E-state index in [2.05, 4.69) is 10.6 Å². The molecule has 1 heterocycles. The lowest BCUT2D eigenvalue weighted by atomic mass is 10.1. The predicted molar refractivity (Wildman–Crippen MR) is 76.1 cm³/mol. The van der Waals surface area contributed by atoms with Crippen LogP contribution in [0.25, 0.3) is 0 Å². The zero-order valence-electron chi connectivity index (χ0n) is 10.9. The van der Waals surface area contributed by atoms with Crippen molar-refractivity contribution in [2.75, 3.05) is 11.9 Å². The second-order valence-electron chi connectivity index (χ2n) is 4.27. The van der Waals surface area contributed by atoms with Crippen LogP contribution in [0.4, 0.5) is 18.9 Å². The summed E-state index contributed by atoms with van der Waals surface area (Å²) >= 11 is 1.54. The van der Waals surface area contributed by atoms with Gasteiger partial charge in [0.1, 0.15) is 0 Å².